The van der Waals surface area contributed by atoms with Crippen LogP contribution in [-0.4, -0.2) is 16.3 Å². The molecule has 0 saturated heterocycles. The number of rotatable bonds is 4. The van der Waals surface area contributed by atoms with E-state index in [2.05, 4.69) is 4.98 Å². The van der Waals surface area contributed by atoms with Crippen LogP contribution in [0.15, 0.2) is 36.5 Å². The van der Waals surface area contributed by atoms with Crippen LogP contribution in [-0.2, 0) is 0 Å². The van der Waals surface area contributed by atoms with Crippen LogP contribution < -0.4 is 0 Å². The minimum Gasteiger partial charge on any atom is -0.387 e. The number of thioether (sulfide) groups is 1. The van der Waals surface area contributed by atoms with Gasteiger partial charge in [-0.2, -0.15) is 11.8 Å². The van der Waals surface area contributed by atoms with Crippen LogP contribution in [0.5, 0.6) is 0 Å². The number of aryl methyl sites for hydroxylation is 1. The molecule has 2 rings (SSSR count). The van der Waals surface area contributed by atoms with Crippen LogP contribution in [0.4, 0.5) is 0 Å². The molecule has 2 nitrogen and oxygen atoms in total. The second-order valence-corrected chi connectivity index (χ2v) is 6.27. The van der Waals surface area contributed by atoms with Crippen LogP contribution in [0, 0.1) is 6.92 Å². The Bertz CT molecular complexity index is 606. The summed E-state index contributed by atoms with van der Waals surface area (Å²) in [4.78, 5) is 4.22. The Hall–Kier alpha value is -0.740. The van der Waals surface area contributed by atoms with E-state index < -0.39 is 6.10 Å². The third-order valence-corrected chi connectivity index (χ3v) is 4.76. The zero-order chi connectivity index (χ0) is 14.7. The predicted octanol–water partition coefficient (Wildman–Crippen LogP) is 4.83. The Kier molecular flexibility index (Phi) is 5.33. The molecule has 0 bridgehead atoms. The monoisotopic (exact) mass is 327 g/mol. The second-order valence-electron chi connectivity index (χ2n) is 4.45. The van der Waals surface area contributed by atoms with Crippen molar-refractivity contribution in [2.45, 2.75) is 18.3 Å². The van der Waals surface area contributed by atoms with E-state index in [1.54, 1.807) is 30.1 Å². The van der Waals surface area contributed by atoms with Crippen LogP contribution in [0.25, 0.3) is 0 Å². The normalized spacial score (nSPS) is 14.1. The Morgan fingerprint density at radius 2 is 1.95 bits per heavy atom. The van der Waals surface area contributed by atoms with E-state index in [1.807, 2.05) is 31.4 Å². The summed E-state index contributed by atoms with van der Waals surface area (Å²) in [5, 5.41) is 11.6. The van der Waals surface area contributed by atoms with E-state index in [1.165, 1.54) is 0 Å². The molecule has 1 aromatic carbocycles. The minimum atomic E-state index is -0.669. The minimum absolute atomic E-state index is 0.164. The van der Waals surface area contributed by atoms with Crippen LogP contribution in [0.1, 0.15) is 28.2 Å². The van der Waals surface area contributed by atoms with Crippen molar-refractivity contribution < 1.29 is 5.11 Å². The third-order valence-electron chi connectivity index (χ3n) is 3.18. The molecule has 0 amide bonds. The van der Waals surface area contributed by atoms with E-state index in [0.29, 0.717) is 10.0 Å². The molecule has 2 unspecified atom stereocenters. The second kappa shape index (κ2) is 6.81. The molecule has 0 fully saturated rings. The number of aliphatic hydroxyl groups is 1. The van der Waals surface area contributed by atoms with Gasteiger partial charge in [0.1, 0.15) is 0 Å². The molecule has 0 aliphatic rings. The van der Waals surface area contributed by atoms with Gasteiger partial charge in [0.15, 0.2) is 0 Å². The number of aromatic nitrogens is 1. The summed E-state index contributed by atoms with van der Waals surface area (Å²) in [6.07, 6.45) is 3.00. The maximum atomic E-state index is 10.7. The highest BCUT2D eigenvalue weighted by molar-refractivity contribution is 7.98. The molecule has 1 N–H and O–H groups in total. The Morgan fingerprint density at radius 3 is 2.55 bits per heavy atom. The van der Waals surface area contributed by atoms with Gasteiger partial charge in [0.25, 0.3) is 0 Å². The van der Waals surface area contributed by atoms with Crippen LogP contribution in [0.2, 0.25) is 10.0 Å². The van der Waals surface area contributed by atoms with Crippen molar-refractivity contribution in [3.05, 3.63) is 63.4 Å². The molecule has 0 spiro atoms. The van der Waals surface area contributed by atoms with Gasteiger partial charge >= 0.3 is 0 Å². The molecule has 0 radical (unpaired) electrons. The number of benzene rings is 1. The summed E-state index contributed by atoms with van der Waals surface area (Å²) in [6.45, 7) is 1.89. The zero-order valence-corrected chi connectivity index (χ0v) is 13.5. The molecular weight excluding hydrogens is 313 g/mol. The molecule has 0 aliphatic carbocycles. The van der Waals surface area contributed by atoms with Gasteiger partial charge in [0.2, 0.25) is 0 Å². The predicted molar refractivity (Wildman–Crippen MR) is 86.7 cm³/mol. The number of pyridine rings is 1. The van der Waals surface area contributed by atoms with E-state index in [4.69, 9.17) is 23.2 Å². The van der Waals surface area contributed by atoms with Crippen molar-refractivity contribution in [2.75, 3.05) is 6.26 Å². The molecule has 5 heteroatoms. The average molecular weight is 328 g/mol. The summed E-state index contributed by atoms with van der Waals surface area (Å²) >= 11 is 13.7. The average Bonchev–Trinajstić information content (AvgIpc) is 2.42. The number of hydrogen-bond donors (Lipinski definition) is 1. The number of halogens is 2. The standard InChI is InChI=1S/C15H15Cl2NOS/c1-9-11(4-3-7-18-9)14(19)15(20-2)12-6-5-10(16)8-13(12)17/h3-8,14-15,19H,1-2H3. The Morgan fingerprint density at radius 1 is 1.20 bits per heavy atom. The van der Waals surface area contributed by atoms with Crippen LogP contribution in [0.3, 0.4) is 0 Å². The number of hydrogen-bond acceptors (Lipinski definition) is 3. The van der Waals surface area contributed by atoms with Crippen molar-refractivity contribution in [3.63, 3.8) is 0 Å². The van der Waals surface area contributed by atoms with Crippen molar-refractivity contribution in [1.29, 1.82) is 0 Å². The summed E-state index contributed by atoms with van der Waals surface area (Å²) in [7, 11) is 0. The number of nitrogens with zero attached hydrogens (tertiary/aromatic N) is 1. The van der Waals surface area contributed by atoms with E-state index in [9.17, 15) is 5.11 Å². The van der Waals surface area contributed by atoms with Crippen molar-refractivity contribution in [3.8, 4) is 0 Å². The highest BCUT2D eigenvalue weighted by atomic mass is 35.5. The fraction of sp³-hybridized carbons (Fsp3) is 0.267. The summed E-state index contributed by atoms with van der Waals surface area (Å²) in [5.41, 5.74) is 2.52. The first-order chi connectivity index (χ1) is 9.54. The van der Waals surface area contributed by atoms with Gasteiger partial charge in [-0.3, -0.25) is 4.98 Å². The van der Waals surface area contributed by atoms with Crippen LogP contribution >= 0.6 is 35.0 Å². The van der Waals surface area contributed by atoms with E-state index in [0.717, 1.165) is 16.8 Å². The maximum Gasteiger partial charge on any atom is 0.0967 e. The molecule has 106 valence electrons. The van der Waals surface area contributed by atoms with Crippen molar-refractivity contribution in [1.82, 2.24) is 4.98 Å². The molecule has 2 atom stereocenters. The van der Waals surface area contributed by atoms with Gasteiger partial charge in [-0.1, -0.05) is 35.3 Å². The topological polar surface area (TPSA) is 33.1 Å². The lowest BCUT2D eigenvalue weighted by Crippen LogP contribution is -2.10. The first-order valence-corrected chi connectivity index (χ1v) is 8.16. The largest absolute Gasteiger partial charge is 0.387 e. The number of aliphatic hydroxyl groups excluding tert-OH is 1. The van der Waals surface area contributed by atoms with Crippen molar-refractivity contribution >= 4 is 35.0 Å². The molecular formula is C15H15Cl2NOS. The van der Waals surface area contributed by atoms with Gasteiger partial charge in [0.05, 0.1) is 11.4 Å². The zero-order valence-electron chi connectivity index (χ0n) is 11.2. The van der Waals surface area contributed by atoms with E-state index >= 15 is 0 Å². The highest BCUT2D eigenvalue weighted by Crippen LogP contribution is 2.42. The smallest absolute Gasteiger partial charge is 0.0967 e. The third kappa shape index (κ3) is 3.29. The molecule has 0 saturated carbocycles. The lowest BCUT2D eigenvalue weighted by molar-refractivity contribution is 0.174. The van der Waals surface area contributed by atoms with Gasteiger partial charge in [-0.15, -0.1) is 0 Å². The SMILES string of the molecule is CSC(c1ccc(Cl)cc1Cl)C(O)c1cccnc1C. The van der Waals surface area contributed by atoms with E-state index in [-0.39, 0.29) is 5.25 Å². The Balaban J connectivity index is 2.39. The molecule has 2 aromatic rings. The first kappa shape index (κ1) is 15.6. The Labute approximate surface area is 133 Å². The van der Waals surface area contributed by atoms with Gasteiger partial charge in [-0.05, 0) is 36.9 Å². The molecule has 20 heavy (non-hydrogen) atoms. The highest BCUT2D eigenvalue weighted by Gasteiger charge is 2.25. The summed E-state index contributed by atoms with van der Waals surface area (Å²) < 4.78 is 0. The lowest BCUT2D eigenvalue weighted by atomic mass is 10.00. The van der Waals surface area contributed by atoms with Gasteiger partial charge < -0.3 is 5.11 Å². The first-order valence-electron chi connectivity index (χ1n) is 6.12. The summed E-state index contributed by atoms with van der Waals surface area (Å²) in [6, 6.07) is 9.06. The van der Waals surface area contributed by atoms with Gasteiger partial charge in [-0.25, -0.2) is 0 Å². The van der Waals surface area contributed by atoms with Gasteiger partial charge in [0, 0.05) is 27.5 Å². The fourth-order valence-corrected chi connectivity index (χ4v) is 3.59. The quantitative estimate of drug-likeness (QED) is 0.872. The molecule has 0 aliphatic heterocycles. The molecule has 1 aromatic heterocycles. The molecule has 1 heterocycles. The van der Waals surface area contributed by atoms with Crippen molar-refractivity contribution in [2.24, 2.45) is 0 Å². The summed E-state index contributed by atoms with van der Waals surface area (Å²) in [5.74, 6) is 0. The maximum absolute atomic E-state index is 10.7. The lowest BCUT2D eigenvalue weighted by Gasteiger charge is -2.23. The fourth-order valence-electron chi connectivity index (χ4n) is 2.13.